The highest BCUT2D eigenvalue weighted by atomic mass is 79.9. The zero-order valence-electron chi connectivity index (χ0n) is 11.4. The summed E-state index contributed by atoms with van der Waals surface area (Å²) in [6, 6.07) is 6.11. The molecule has 1 aliphatic heterocycles. The van der Waals surface area contributed by atoms with Crippen molar-refractivity contribution < 1.29 is 4.79 Å². The predicted octanol–water partition coefficient (Wildman–Crippen LogP) is 3.57. The third kappa shape index (κ3) is 4.23. The van der Waals surface area contributed by atoms with Crippen LogP contribution >= 0.6 is 15.9 Å². The first-order valence-corrected chi connectivity index (χ1v) is 7.74. The molecule has 0 spiro atoms. The van der Waals surface area contributed by atoms with Gasteiger partial charge in [-0.2, -0.15) is 0 Å². The molecule has 1 fully saturated rings. The van der Waals surface area contributed by atoms with Crippen LogP contribution < -0.4 is 5.32 Å². The topological polar surface area (TPSA) is 32.3 Å². The van der Waals surface area contributed by atoms with E-state index in [0.29, 0.717) is 6.54 Å². The van der Waals surface area contributed by atoms with Crippen LogP contribution in [0, 0.1) is 6.92 Å². The molecule has 1 amide bonds. The molecule has 4 heteroatoms. The van der Waals surface area contributed by atoms with E-state index in [1.807, 2.05) is 17.0 Å². The van der Waals surface area contributed by atoms with Crippen LogP contribution in [-0.2, 0) is 4.79 Å². The van der Waals surface area contributed by atoms with Crippen molar-refractivity contribution in [1.29, 1.82) is 0 Å². The number of nitrogens with zero attached hydrogens (tertiary/aromatic N) is 1. The zero-order chi connectivity index (χ0) is 13.7. The lowest BCUT2D eigenvalue weighted by Gasteiger charge is -2.21. The lowest BCUT2D eigenvalue weighted by atomic mass is 10.2. The number of halogens is 1. The highest BCUT2D eigenvalue weighted by molar-refractivity contribution is 9.10. The van der Waals surface area contributed by atoms with Gasteiger partial charge in [-0.25, -0.2) is 0 Å². The molecule has 1 aromatic rings. The van der Waals surface area contributed by atoms with Crippen LogP contribution in [0.4, 0.5) is 5.69 Å². The van der Waals surface area contributed by atoms with Crippen molar-refractivity contribution in [2.24, 2.45) is 0 Å². The molecule has 1 N–H and O–H groups in total. The number of hydrogen-bond donors (Lipinski definition) is 1. The van der Waals surface area contributed by atoms with Crippen molar-refractivity contribution in [3.8, 4) is 0 Å². The molecule has 1 aliphatic rings. The Labute approximate surface area is 123 Å². The number of likely N-dealkylation sites (tertiary alicyclic amines) is 1. The molecule has 0 aliphatic carbocycles. The lowest BCUT2D eigenvalue weighted by molar-refractivity contribution is -0.129. The highest BCUT2D eigenvalue weighted by Gasteiger charge is 2.15. The first kappa shape index (κ1) is 14.4. The van der Waals surface area contributed by atoms with Gasteiger partial charge in [0.25, 0.3) is 0 Å². The number of nitrogens with one attached hydrogen (secondary N) is 1. The Morgan fingerprint density at radius 3 is 2.58 bits per heavy atom. The van der Waals surface area contributed by atoms with Gasteiger partial charge in [0.1, 0.15) is 0 Å². The van der Waals surface area contributed by atoms with Gasteiger partial charge in [0.15, 0.2) is 0 Å². The number of carbonyl (C=O) groups is 1. The van der Waals surface area contributed by atoms with E-state index in [0.717, 1.165) is 36.1 Å². The minimum atomic E-state index is 0.203. The summed E-state index contributed by atoms with van der Waals surface area (Å²) in [6.07, 6.45) is 4.78. The van der Waals surface area contributed by atoms with E-state index in [2.05, 4.69) is 34.2 Å². The van der Waals surface area contributed by atoms with Crippen molar-refractivity contribution >= 4 is 27.5 Å². The van der Waals surface area contributed by atoms with Crippen LogP contribution in [0.15, 0.2) is 22.7 Å². The summed E-state index contributed by atoms with van der Waals surface area (Å²) >= 11 is 3.52. The van der Waals surface area contributed by atoms with E-state index in [4.69, 9.17) is 0 Å². The number of rotatable bonds is 3. The average Bonchev–Trinajstić information content (AvgIpc) is 2.66. The number of carbonyl (C=O) groups excluding carboxylic acids is 1. The van der Waals surface area contributed by atoms with Crippen LogP contribution in [0.25, 0.3) is 0 Å². The van der Waals surface area contributed by atoms with Crippen molar-refractivity contribution in [2.45, 2.75) is 32.6 Å². The Morgan fingerprint density at radius 1 is 1.26 bits per heavy atom. The van der Waals surface area contributed by atoms with Crippen LogP contribution in [0.1, 0.15) is 31.2 Å². The second-order valence-electron chi connectivity index (χ2n) is 5.13. The van der Waals surface area contributed by atoms with Crippen molar-refractivity contribution in [2.75, 3.05) is 25.0 Å². The van der Waals surface area contributed by atoms with E-state index in [1.54, 1.807) is 0 Å². The van der Waals surface area contributed by atoms with Gasteiger partial charge in [-0.15, -0.1) is 0 Å². The van der Waals surface area contributed by atoms with Crippen molar-refractivity contribution in [3.05, 3.63) is 28.2 Å². The predicted molar refractivity (Wildman–Crippen MR) is 82.4 cm³/mol. The summed E-state index contributed by atoms with van der Waals surface area (Å²) in [5.41, 5.74) is 2.19. The Balaban J connectivity index is 1.88. The maximum Gasteiger partial charge on any atom is 0.241 e. The molecule has 3 nitrogen and oxygen atoms in total. The molecule has 2 rings (SSSR count). The summed E-state index contributed by atoms with van der Waals surface area (Å²) < 4.78 is 1.01. The molecule has 1 aromatic carbocycles. The van der Waals surface area contributed by atoms with Gasteiger partial charge in [-0.1, -0.05) is 18.9 Å². The average molecular weight is 325 g/mol. The van der Waals surface area contributed by atoms with Gasteiger partial charge in [0, 0.05) is 23.2 Å². The number of aryl methyl sites for hydroxylation is 1. The standard InChI is InChI=1S/C15H21BrN2O/c1-12-6-7-14(13(16)10-12)17-11-15(19)18-8-4-2-3-5-9-18/h6-7,10,17H,2-5,8-9,11H2,1H3. The molecule has 0 atom stereocenters. The van der Waals surface area contributed by atoms with Gasteiger partial charge >= 0.3 is 0 Å². The van der Waals surface area contributed by atoms with E-state index < -0.39 is 0 Å². The first-order chi connectivity index (χ1) is 9.16. The monoisotopic (exact) mass is 324 g/mol. The lowest BCUT2D eigenvalue weighted by Crippen LogP contribution is -2.36. The van der Waals surface area contributed by atoms with Gasteiger partial charge in [0.05, 0.1) is 6.54 Å². The molecule has 104 valence electrons. The fourth-order valence-corrected chi connectivity index (χ4v) is 3.00. The minimum absolute atomic E-state index is 0.203. The quantitative estimate of drug-likeness (QED) is 0.921. The molecule has 0 aromatic heterocycles. The smallest absolute Gasteiger partial charge is 0.241 e. The molecule has 0 saturated carbocycles. The van der Waals surface area contributed by atoms with Gasteiger partial charge in [-0.05, 0) is 53.4 Å². The highest BCUT2D eigenvalue weighted by Crippen LogP contribution is 2.23. The van der Waals surface area contributed by atoms with Crippen LogP contribution in [0.3, 0.4) is 0 Å². The minimum Gasteiger partial charge on any atom is -0.375 e. The SMILES string of the molecule is Cc1ccc(NCC(=O)N2CCCCCC2)c(Br)c1. The first-order valence-electron chi connectivity index (χ1n) is 6.94. The molecular formula is C15H21BrN2O. The maximum absolute atomic E-state index is 12.2. The molecule has 19 heavy (non-hydrogen) atoms. The molecule has 0 radical (unpaired) electrons. The molecule has 1 saturated heterocycles. The van der Waals surface area contributed by atoms with E-state index >= 15 is 0 Å². The number of anilines is 1. The number of hydrogen-bond acceptors (Lipinski definition) is 2. The molecule has 0 bridgehead atoms. The van der Waals surface area contributed by atoms with Gasteiger partial charge in [-0.3, -0.25) is 4.79 Å². The van der Waals surface area contributed by atoms with Crippen molar-refractivity contribution in [1.82, 2.24) is 4.90 Å². The molecular weight excluding hydrogens is 304 g/mol. The largest absolute Gasteiger partial charge is 0.375 e. The van der Waals surface area contributed by atoms with Gasteiger partial charge in [0.2, 0.25) is 5.91 Å². The summed E-state index contributed by atoms with van der Waals surface area (Å²) in [5, 5.41) is 3.22. The zero-order valence-corrected chi connectivity index (χ0v) is 13.0. The Hall–Kier alpha value is -1.03. The van der Waals surface area contributed by atoms with E-state index in [1.165, 1.54) is 18.4 Å². The summed E-state index contributed by atoms with van der Waals surface area (Å²) in [7, 11) is 0. The fraction of sp³-hybridized carbons (Fsp3) is 0.533. The van der Waals surface area contributed by atoms with Crippen LogP contribution in [-0.4, -0.2) is 30.4 Å². The Morgan fingerprint density at radius 2 is 1.95 bits per heavy atom. The molecule has 0 unspecified atom stereocenters. The van der Waals surface area contributed by atoms with Gasteiger partial charge < -0.3 is 10.2 Å². The fourth-order valence-electron chi connectivity index (χ4n) is 2.37. The van der Waals surface area contributed by atoms with E-state index in [9.17, 15) is 4.79 Å². The normalized spacial score (nSPS) is 16.0. The second-order valence-corrected chi connectivity index (χ2v) is 5.99. The number of benzene rings is 1. The molecule has 1 heterocycles. The summed E-state index contributed by atoms with van der Waals surface area (Å²) in [5.74, 6) is 0.203. The summed E-state index contributed by atoms with van der Waals surface area (Å²) in [6.45, 7) is 4.25. The number of amides is 1. The Bertz CT molecular complexity index is 440. The Kier molecular flexibility index (Phi) is 5.25. The third-order valence-electron chi connectivity index (χ3n) is 3.51. The summed E-state index contributed by atoms with van der Waals surface area (Å²) in [4.78, 5) is 14.1. The second kappa shape index (κ2) is 6.94. The van der Waals surface area contributed by atoms with Crippen LogP contribution in [0.2, 0.25) is 0 Å². The third-order valence-corrected chi connectivity index (χ3v) is 4.17. The van der Waals surface area contributed by atoms with Crippen LogP contribution in [0.5, 0.6) is 0 Å². The van der Waals surface area contributed by atoms with E-state index in [-0.39, 0.29) is 5.91 Å². The van der Waals surface area contributed by atoms with Crippen molar-refractivity contribution in [3.63, 3.8) is 0 Å². The maximum atomic E-state index is 12.2.